The van der Waals surface area contributed by atoms with Gasteiger partial charge >= 0.3 is 0 Å². The van der Waals surface area contributed by atoms with Crippen molar-refractivity contribution in [3.63, 3.8) is 0 Å². The number of nitrogens with one attached hydrogen (secondary N) is 1. The summed E-state index contributed by atoms with van der Waals surface area (Å²) in [4.78, 5) is 0. The van der Waals surface area contributed by atoms with Gasteiger partial charge in [0.05, 0.1) is 24.9 Å². The molecule has 1 aromatic rings. The molecule has 0 fully saturated rings. The van der Waals surface area contributed by atoms with Crippen molar-refractivity contribution in [2.75, 3.05) is 19.5 Å². The third kappa shape index (κ3) is 4.09. The fourth-order valence-corrected chi connectivity index (χ4v) is 2.01. The average Bonchev–Trinajstić information content (AvgIpc) is 2.47. The molecule has 6 nitrogen and oxygen atoms in total. The zero-order chi connectivity index (χ0) is 15.1. The molecule has 0 spiro atoms. The summed E-state index contributed by atoms with van der Waals surface area (Å²) in [6.45, 7) is 2.00. The molecule has 0 aliphatic heterocycles. The first-order chi connectivity index (χ1) is 9.55. The van der Waals surface area contributed by atoms with E-state index in [0.29, 0.717) is 22.9 Å². The second-order valence-corrected chi connectivity index (χ2v) is 4.64. The Morgan fingerprint density at radius 1 is 1.40 bits per heavy atom. The molecule has 0 aromatic heterocycles. The van der Waals surface area contributed by atoms with Crippen LogP contribution in [-0.2, 0) is 0 Å². The summed E-state index contributed by atoms with van der Waals surface area (Å²) in [7, 11) is 3.11. The highest BCUT2D eigenvalue weighted by Gasteiger charge is 2.14. The van der Waals surface area contributed by atoms with Gasteiger partial charge in [0, 0.05) is 24.6 Å². The summed E-state index contributed by atoms with van der Waals surface area (Å²) in [6.07, 6.45) is 1.21. The van der Waals surface area contributed by atoms with Crippen LogP contribution in [0.2, 0.25) is 5.02 Å². The number of anilines is 1. The highest BCUT2D eigenvalue weighted by molar-refractivity contribution is 6.32. The summed E-state index contributed by atoms with van der Waals surface area (Å²) < 4.78 is 10.5. The van der Waals surface area contributed by atoms with Crippen LogP contribution in [0.4, 0.5) is 5.69 Å². The lowest BCUT2D eigenvalue weighted by Gasteiger charge is -2.20. The molecule has 1 atom stereocenters. The van der Waals surface area contributed by atoms with Crippen molar-refractivity contribution in [2.24, 2.45) is 10.9 Å². The van der Waals surface area contributed by atoms with Gasteiger partial charge in [0.1, 0.15) is 17.3 Å². The fraction of sp³-hybridized carbons (Fsp3) is 0.462. The van der Waals surface area contributed by atoms with E-state index in [1.807, 2.05) is 6.92 Å². The number of methoxy groups -OCH3 is 2. The predicted molar refractivity (Wildman–Crippen MR) is 80.3 cm³/mol. The van der Waals surface area contributed by atoms with E-state index in [2.05, 4.69) is 10.5 Å². The lowest BCUT2D eigenvalue weighted by molar-refractivity contribution is 0.316. The second kappa shape index (κ2) is 7.69. The maximum absolute atomic E-state index is 8.64. The normalized spacial score (nSPS) is 12.9. The van der Waals surface area contributed by atoms with Crippen LogP contribution in [0.1, 0.15) is 19.8 Å². The van der Waals surface area contributed by atoms with Gasteiger partial charge in [-0.25, -0.2) is 0 Å². The Morgan fingerprint density at radius 2 is 2.05 bits per heavy atom. The summed E-state index contributed by atoms with van der Waals surface area (Å²) >= 11 is 6.05. The largest absolute Gasteiger partial charge is 0.495 e. The van der Waals surface area contributed by atoms with E-state index in [0.717, 1.165) is 12.1 Å². The first kappa shape index (κ1) is 16.2. The van der Waals surface area contributed by atoms with Gasteiger partial charge in [-0.1, -0.05) is 23.7 Å². The summed E-state index contributed by atoms with van der Waals surface area (Å²) in [5, 5.41) is 15.4. The molecular formula is C13H20ClN3O3. The molecule has 0 radical (unpaired) electrons. The zero-order valence-electron chi connectivity index (χ0n) is 11.8. The van der Waals surface area contributed by atoms with Crippen LogP contribution in [0, 0.1) is 0 Å². The van der Waals surface area contributed by atoms with Crippen LogP contribution in [0.25, 0.3) is 0 Å². The lowest BCUT2D eigenvalue weighted by Crippen LogP contribution is -2.26. The maximum Gasteiger partial charge on any atom is 0.143 e. The monoisotopic (exact) mass is 301 g/mol. The Morgan fingerprint density at radius 3 is 2.55 bits per heavy atom. The van der Waals surface area contributed by atoms with E-state index in [1.165, 1.54) is 0 Å². The zero-order valence-corrected chi connectivity index (χ0v) is 12.6. The van der Waals surface area contributed by atoms with Gasteiger partial charge in [0.2, 0.25) is 0 Å². The van der Waals surface area contributed by atoms with Gasteiger partial charge in [-0.3, -0.25) is 0 Å². The predicted octanol–water partition coefficient (Wildman–Crippen LogP) is 2.68. The Balaban J connectivity index is 2.99. The second-order valence-electron chi connectivity index (χ2n) is 4.23. The van der Waals surface area contributed by atoms with Crippen molar-refractivity contribution in [3.8, 4) is 11.5 Å². The number of ether oxygens (including phenoxy) is 2. The smallest absolute Gasteiger partial charge is 0.143 e. The number of nitrogens with zero attached hydrogens (tertiary/aromatic N) is 1. The molecule has 0 saturated carbocycles. The van der Waals surface area contributed by atoms with Gasteiger partial charge in [-0.05, 0) is 6.42 Å². The molecule has 0 saturated heterocycles. The summed E-state index contributed by atoms with van der Waals surface area (Å²) in [5.74, 6) is 1.33. The molecule has 0 amide bonds. The van der Waals surface area contributed by atoms with Gasteiger partial charge in [-0.2, -0.15) is 0 Å². The Hall–Kier alpha value is -1.82. The maximum atomic E-state index is 8.64. The molecule has 20 heavy (non-hydrogen) atoms. The molecule has 112 valence electrons. The Labute approximate surface area is 123 Å². The van der Waals surface area contributed by atoms with Crippen molar-refractivity contribution in [1.82, 2.24) is 0 Å². The summed E-state index contributed by atoms with van der Waals surface area (Å²) in [6, 6.07) is 3.44. The van der Waals surface area contributed by atoms with Crippen LogP contribution in [-0.4, -0.2) is 31.3 Å². The standard InChI is InChI=1S/C13H20ClN3O3/c1-4-8(5-13(15)17-18)16-10-7-11(19-2)9(14)6-12(10)20-3/h6-8,16,18H,4-5H2,1-3H3,(H2,15,17). The third-order valence-corrected chi connectivity index (χ3v) is 3.21. The molecule has 0 heterocycles. The highest BCUT2D eigenvalue weighted by atomic mass is 35.5. The fourth-order valence-electron chi connectivity index (χ4n) is 1.78. The van der Waals surface area contributed by atoms with Crippen molar-refractivity contribution in [3.05, 3.63) is 17.2 Å². The molecule has 0 bridgehead atoms. The SMILES string of the molecule is CCC(CC(N)=NO)Nc1cc(OC)c(Cl)cc1OC. The van der Waals surface area contributed by atoms with Crippen LogP contribution in [0.3, 0.4) is 0 Å². The number of halogens is 1. The van der Waals surface area contributed by atoms with Crippen LogP contribution >= 0.6 is 11.6 Å². The molecule has 7 heteroatoms. The van der Waals surface area contributed by atoms with Crippen molar-refractivity contribution in [1.29, 1.82) is 0 Å². The van der Waals surface area contributed by atoms with Gasteiger partial charge < -0.3 is 25.7 Å². The lowest BCUT2D eigenvalue weighted by atomic mass is 10.1. The minimum Gasteiger partial charge on any atom is -0.495 e. The Kier molecular flexibility index (Phi) is 6.24. The van der Waals surface area contributed by atoms with Crippen LogP contribution in [0.15, 0.2) is 17.3 Å². The van der Waals surface area contributed by atoms with Crippen LogP contribution in [0.5, 0.6) is 11.5 Å². The number of oxime groups is 1. The topological polar surface area (TPSA) is 89.1 Å². The number of hydrogen-bond acceptors (Lipinski definition) is 5. The first-order valence-electron chi connectivity index (χ1n) is 6.20. The highest BCUT2D eigenvalue weighted by Crippen LogP contribution is 2.36. The van der Waals surface area contributed by atoms with E-state index in [1.54, 1.807) is 26.4 Å². The van der Waals surface area contributed by atoms with Gasteiger partial charge in [-0.15, -0.1) is 0 Å². The minimum absolute atomic E-state index is 0.00526. The number of rotatable bonds is 7. The number of nitrogens with two attached hydrogens (primary N) is 1. The van der Waals surface area contributed by atoms with E-state index in [-0.39, 0.29) is 11.9 Å². The molecule has 0 aliphatic carbocycles. The van der Waals surface area contributed by atoms with Crippen molar-refractivity contribution >= 4 is 23.1 Å². The minimum atomic E-state index is 0.00526. The number of amidine groups is 1. The van der Waals surface area contributed by atoms with E-state index in [4.69, 9.17) is 32.0 Å². The third-order valence-electron chi connectivity index (χ3n) is 2.91. The van der Waals surface area contributed by atoms with Gasteiger partial charge in [0.15, 0.2) is 0 Å². The van der Waals surface area contributed by atoms with E-state index in [9.17, 15) is 0 Å². The van der Waals surface area contributed by atoms with E-state index < -0.39 is 0 Å². The van der Waals surface area contributed by atoms with Crippen molar-refractivity contribution in [2.45, 2.75) is 25.8 Å². The van der Waals surface area contributed by atoms with Gasteiger partial charge in [0.25, 0.3) is 0 Å². The molecule has 1 rings (SSSR count). The molecule has 0 aliphatic rings. The molecule has 1 aromatic carbocycles. The average molecular weight is 302 g/mol. The molecule has 1 unspecified atom stereocenters. The first-order valence-corrected chi connectivity index (χ1v) is 6.57. The van der Waals surface area contributed by atoms with Crippen molar-refractivity contribution < 1.29 is 14.7 Å². The number of hydrogen-bond donors (Lipinski definition) is 3. The van der Waals surface area contributed by atoms with E-state index >= 15 is 0 Å². The molecular weight excluding hydrogens is 282 g/mol. The number of benzene rings is 1. The van der Waals surface area contributed by atoms with Crippen LogP contribution < -0.4 is 20.5 Å². The summed E-state index contributed by atoms with van der Waals surface area (Å²) in [5.41, 5.74) is 6.28. The molecule has 4 N–H and O–H groups in total. The quantitative estimate of drug-likeness (QED) is 0.312. The Bertz CT molecular complexity index is 480.